The van der Waals surface area contributed by atoms with E-state index in [2.05, 4.69) is 10.4 Å². The number of aryl methyl sites for hydroxylation is 1. The average molecular weight is 271 g/mol. The summed E-state index contributed by atoms with van der Waals surface area (Å²) in [5.74, 6) is 0. The lowest BCUT2D eigenvalue weighted by Gasteiger charge is -2.07. The Hall–Kier alpha value is -2.88. The molecule has 7 heteroatoms. The van der Waals surface area contributed by atoms with E-state index in [0.717, 1.165) is 5.56 Å². The molecule has 0 radical (unpaired) electrons. The van der Waals surface area contributed by atoms with E-state index in [-0.39, 0.29) is 5.69 Å². The second-order valence-electron chi connectivity index (χ2n) is 4.31. The minimum atomic E-state index is -0.471. The van der Waals surface area contributed by atoms with Crippen LogP contribution >= 0.6 is 0 Å². The van der Waals surface area contributed by atoms with Crippen molar-refractivity contribution in [3.63, 3.8) is 0 Å². The van der Waals surface area contributed by atoms with Gasteiger partial charge in [0.25, 0.3) is 5.69 Å². The van der Waals surface area contributed by atoms with Crippen molar-refractivity contribution in [3.05, 3.63) is 51.8 Å². The van der Waals surface area contributed by atoms with Crippen LogP contribution in [0.2, 0.25) is 0 Å². The number of aromatic nitrogens is 2. The summed E-state index contributed by atoms with van der Waals surface area (Å²) in [6, 6.07) is 6.21. The van der Waals surface area contributed by atoms with Crippen molar-refractivity contribution in [3.8, 4) is 6.07 Å². The van der Waals surface area contributed by atoms with Crippen LogP contribution in [-0.2, 0) is 6.54 Å². The SMILES string of the molecule is Cc1cnn(CCNc2cc(C#N)ccc2[N+](=O)[O-])c1. The maximum absolute atomic E-state index is 10.9. The van der Waals surface area contributed by atoms with Crippen LogP contribution in [0.5, 0.6) is 0 Å². The Labute approximate surface area is 115 Å². The van der Waals surface area contributed by atoms with Gasteiger partial charge in [-0.25, -0.2) is 0 Å². The molecule has 1 aromatic heterocycles. The van der Waals surface area contributed by atoms with Gasteiger partial charge in [0.1, 0.15) is 5.69 Å². The molecule has 0 bridgehead atoms. The fourth-order valence-electron chi connectivity index (χ4n) is 1.80. The first-order valence-corrected chi connectivity index (χ1v) is 6.01. The summed E-state index contributed by atoms with van der Waals surface area (Å²) in [7, 11) is 0. The minimum Gasteiger partial charge on any atom is -0.378 e. The fourth-order valence-corrected chi connectivity index (χ4v) is 1.80. The Morgan fingerprint density at radius 3 is 2.95 bits per heavy atom. The molecule has 0 saturated heterocycles. The topological polar surface area (TPSA) is 96.8 Å². The predicted molar refractivity (Wildman–Crippen MR) is 73.3 cm³/mol. The zero-order valence-corrected chi connectivity index (χ0v) is 10.9. The normalized spacial score (nSPS) is 10.0. The van der Waals surface area contributed by atoms with Gasteiger partial charge in [-0.1, -0.05) is 0 Å². The maximum Gasteiger partial charge on any atom is 0.292 e. The molecule has 7 nitrogen and oxygen atoms in total. The number of anilines is 1. The van der Waals surface area contributed by atoms with Crippen LogP contribution in [-0.4, -0.2) is 21.2 Å². The highest BCUT2D eigenvalue weighted by Gasteiger charge is 2.13. The van der Waals surface area contributed by atoms with Crippen molar-refractivity contribution in [2.45, 2.75) is 13.5 Å². The number of rotatable bonds is 5. The Balaban J connectivity index is 2.07. The van der Waals surface area contributed by atoms with Crippen LogP contribution in [0, 0.1) is 28.4 Å². The third kappa shape index (κ3) is 3.11. The van der Waals surface area contributed by atoms with E-state index in [4.69, 9.17) is 5.26 Å². The number of nitrogens with zero attached hydrogens (tertiary/aromatic N) is 4. The molecular weight excluding hydrogens is 258 g/mol. The van der Waals surface area contributed by atoms with Gasteiger partial charge in [-0.05, 0) is 24.6 Å². The maximum atomic E-state index is 10.9. The second-order valence-corrected chi connectivity index (χ2v) is 4.31. The molecule has 1 aromatic carbocycles. The molecule has 2 aromatic rings. The molecule has 0 atom stereocenters. The van der Waals surface area contributed by atoms with Crippen molar-refractivity contribution in [2.24, 2.45) is 0 Å². The molecule has 0 fully saturated rings. The van der Waals surface area contributed by atoms with E-state index in [9.17, 15) is 10.1 Å². The number of benzene rings is 1. The van der Waals surface area contributed by atoms with Gasteiger partial charge < -0.3 is 5.32 Å². The van der Waals surface area contributed by atoms with Crippen LogP contribution in [0.1, 0.15) is 11.1 Å². The van der Waals surface area contributed by atoms with E-state index in [1.165, 1.54) is 18.2 Å². The van der Waals surface area contributed by atoms with Gasteiger partial charge in [0.05, 0.1) is 29.3 Å². The van der Waals surface area contributed by atoms with Crippen molar-refractivity contribution >= 4 is 11.4 Å². The summed E-state index contributed by atoms with van der Waals surface area (Å²) in [4.78, 5) is 10.5. The highest BCUT2D eigenvalue weighted by Crippen LogP contribution is 2.24. The first kappa shape index (κ1) is 13.5. The minimum absolute atomic E-state index is 0.0411. The molecule has 102 valence electrons. The quantitative estimate of drug-likeness (QED) is 0.663. The zero-order chi connectivity index (χ0) is 14.5. The summed E-state index contributed by atoms with van der Waals surface area (Å²) < 4.78 is 1.75. The number of nitrogens with one attached hydrogen (secondary N) is 1. The molecule has 1 N–H and O–H groups in total. The number of nitriles is 1. The van der Waals surface area contributed by atoms with Crippen LogP contribution in [0.4, 0.5) is 11.4 Å². The van der Waals surface area contributed by atoms with Gasteiger partial charge in [-0.2, -0.15) is 10.4 Å². The van der Waals surface area contributed by atoms with E-state index < -0.39 is 4.92 Å². The third-order valence-corrected chi connectivity index (χ3v) is 2.74. The standard InChI is InChI=1S/C13H13N5O2/c1-10-8-16-17(9-10)5-4-15-12-6-11(7-14)2-3-13(12)18(19)20/h2-3,6,8-9,15H,4-5H2,1H3. The van der Waals surface area contributed by atoms with E-state index in [1.807, 2.05) is 19.2 Å². The fraction of sp³-hybridized carbons (Fsp3) is 0.231. The Morgan fingerprint density at radius 1 is 1.55 bits per heavy atom. The predicted octanol–water partition coefficient (Wildman–Crippen LogP) is 2.08. The number of hydrogen-bond donors (Lipinski definition) is 1. The lowest BCUT2D eigenvalue weighted by Crippen LogP contribution is -2.12. The summed E-state index contributed by atoms with van der Waals surface area (Å²) in [5, 5.41) is 26.9. The summed E-state index contributed by atoms with van der Waals surface area (Å²) in [6.45, 7) is 3.01. The van der Waals surface area contributed by atoms with Crippen LogP contribution < -0.4 is 5.32 Å². The Kier molecular flexibility index (Phi) is 3.96. The first-order chi connectivity index (χ1) is 9.60. The Bertz CT molecular complexity index is 672. The van der Waals surface area contributed by atoms with Crippen molar-refractivity contribution < 1.29 is 4.92 Å². The lowest BCUT2D eigenvalue weighted by molar-refractivity contribution is -0.384. The molecule has 0 spiro atoms. The molecule has 2 rings (SSSR count). The smallest absolute Gasteiger partial charge is 0.292 e. The molecule has 20 heavy (non-hydrogen) atoms. The molecule has 0 aliphatic carbocycles. The zero-order valence-electron chi connectivity index (χ0n) is 10.9. The highest BCUT2D eigenvalue weighted by molar-refractivity contribution is 5.64. The van der Waals surface area contributed by atoms with Gasteiger partial charge in [-0.3, -0.25) is 14.8 Å². The number of nitro benzene ring substituents is 1. The lowest BCUT2D eigenvalue weighted by atomic mass is 10.2. The van der Waals surface area contributed by atoms with Crippen molar-refractivity contribution in [2.75, 3.05) is 11.9 Å². The number of nitro groups is 1. The van der Waals surface area contributed by atoms with Gasteiger partial charge in [0.15, 0.2) is 0 Å². The van der Waals surface area contributed by atoms with Crippen molar-refractivity contribution in [1.82, 2.24) is 9.78 Å². The highest BCUT2D eigenvalue weighted by atomic mass is 16.6. The monoisotopic (exact) mass is 271 g/mol. The average Bonchev–Trinajstić information content (AvgIpc) is 2.84. The molecule has 1 heterocycles. The van der Waals surface area contributed by atoms with Gasteiger partial charge >= 0.3 is 0 Å². The second kappa shape index (κ2) is 5.84. The van der Waals surface area contributed by atoms with E-state index in [0.29, 0.717) is 24.3 Å². The van der Waals surface area contributed by atoms with Crippen molar-refractivity contribution in [1.29, 1.82) is 5.26 Å². The van der Waals surface area contributed by atoms with Gasteiger partial charge in [0.2, 0.25) is 0 Å². The Morgan fingerprint density at radius 2 is 2.35 bits per heavy atom. The van der Waals surface area contributed by atoms with Crippen LogP contribution in [0.3, 0.4) is 0 Å². The largest absolute Gasteiger partial charge is 0.378 e. The molecule has 0 aliphatic rings. The van der Waals surface area contributed by atoms with Crippen LogP contribution in [0.15, 0.2) is 30.6 Å². The van der Waals surface area contributed by atoms with Crippen LogP contribution in [0.25, 0.3) is 0 Å². The molecule has 0 aliphatic heterocycles. The number of hydrogen-bond acceptors (Lipinski definition) is 5. The molecule has 0 saturated carbocycles. The summed E-state index contributed by atoms with van der Waals surface area (Å²) in [6.07, 6.45) is 3.64. The van der Waals surface area contributed by atoms with Gasteiger partial charge in [0, 0.05) is 18.8 Å². The van der Waals surface area contributed by atoms with Gasteiger partial charge in [-0.15, -0.1) is 0 Å². The molecule has 0 amide bonds. The third-order valence-electron chi connectivity index (χ3n) is 2.74. The molecule has 0 unspecified atom stereocenters. The summed E-state index contributed by atoms with van der Waals surface area (Å²) >= 11 is 0. The van der Waals surface area contributed by atoms with E-state index >= 15 is 0 Å². The van der Waals surface area contributed by atoms with E-state index in [1.54, 1.807) is 10.9 Å². The molecular formula is C13H13N5O2. The summed E-state index contributed by atoms with van der Waals surface area (Å²) in [5.41, 5.74) is 1.74. The first-order valence-electron chi connectivity index (χ1n) is 6.01.